The molecule has 0 saturated heterocycles. The molecule has 1 aliphatic rings. The fraction of sp³-hybridized carbons (Fsp3) is 0.150. The van der Waals surface area contributed by atoms with Crippen molar-refractivity contribution in [2.24, 2.45) is 4.99 Å². The number of anilines is 2. The Balaban J connectivity index is 1.54. The topological polar surface area (TPSA) is 92.2 Å². The normalized spacial score (nSPS) is 14.2. The van der Waals surface area contributed by atoms with Crippen molar-refractivity contribution >= 4 is 52.1 Å². The molecule has 7 nitrogen and oxygen atoms in total. The van der Waals surface area contributed by atoms with Gasteiger partial charge in [-0.3, -0.25) is 9.78 Å². The highest BCUT2D eigenvalue weighted by Crippen LogP contribution is 2.34. The smallest absolute Gasteiger partial charge is 0.342 e. The maximum atomic E-state index is 13.0. The van der Waals surface area contributed by atoms with Gasteiger partial charge in [-0.1, -0.05) is 23.2 Å². The first-order valence-corrected chi connectivity index (χ1v) is 9.85. The maximum Gasteiger partial charge on any atom is 0.416 e. The molecule has 12 heteroatoms. The van der Waals surface area contributed by atoms with Crippen molar-refractivity contribution < 1.29 is 18.0 Å². The predicted molar refractivity (Wildman–Crippen MR) is 115 cm³/mol. The molecule has 0 atom stereocenters. The molecular weight excluding hydrogens is 468 g/mol. The van der Waals surface area contributed by atoms with Gasteiger partial charge in [0.15, 0.2) is 0 Å². The summed E-state index contributed by atoms with van der Waals surface area (Å²) in [6.07, 6.45) is 0.0628. The average Bonchev–Trinajstić information content (AvgIpc) is 3.11. The number of hydrogen-bond donors (Lipinski definition) is 2. The minimum absolute atomic E-state index is 0.0173. The van der Waals surface area contributed by atoms with Gasteiger partial charge in [0.2, 0.25) is 0 Å². The van der Waals surface area contributed by atoms with Crippen molar-refractivity contribution in [1.29, 1.82) is 0 Å². The molecule has 3 aromatic heterocycles. The fourth-order valence-corrected chi connectivity index (χ4v) is 3.50. The minimum Gasteiger partial charge on any atom is -0.342 e. The van der Waals surface area contributed by atoms with E-state index < -0.39 is 17.6 Å². The summed E-state index contributed by atoms with van der Waals surface area (Å²) in [6, 6.07) is 3.19. The summed E-state index contributed by atoms with van der Waals surface area (Å²) in [5, 5.41) is 5.99. The largest absolute Gasteiger partial charge is 0.416 e. The summed E-state index contributed by atoms with van der Waals surface area (Å²) < 4.78 is 39.0. The minimum atomic E-state index is -4.55. The van der Waals surface area contributed by atoms with Crippen LogP contribution in [0.4, 0.5) is 30.4 Å². The molecular formula is C20H13Cl2F3N6O. The van der Waals surface area contributed by atoms with Crippen molar-refractivity contribution in [3.8, 4) is 0 Å². The second-order valence-electron chi connectivity index (χ2n) is 6.87. The number of carbonyl (C=O) groups is 1. The van der Waals surface area contributed by atoms with E-state index >= 15 is 0 Å². The molecule has 2 N–H and O–H groups in total. The summed E-state index contributed by atoms with van der Waals surface area (Å²) in [5.74, 6) is -0.374. The van der Waals surface area contributed by atoms with Crippen molar-refractivity contribution in [3.05, 3.63) is 69.3 Å². The van der Waals surface area contributed by atoms with Gasteiger partial charge in [0.05, 0.1) is 27.5 Å². The quantitative estimate of drug-likeness (QED) is 0.519. The monoisotopic (exact) mass is 480 g/mol. The van der Waals surface area contributed by atoms with E-state index in [4.69, 9.17) is 23.2 Å². The maximum absolute atomic E-state index is 13.0. The molecule has 0 saturated carbocycles. The van der Waals surface area contributed by atoms with Gasteiger partial charge in [-0.25, -0.2) is 15.0 Å². The van der Waals surface area contributed by atoms with E-state index in [0.717, 1.165) is 17.7 Å². The SMILES string of the molecule is Cc1cc(C(F)(F)F)cc(NC(=O)c2cc3c(cn2)NC(=Nc2c(Cl)cncc2Cl)C3)n1. The van der Waals surface area contributed by atoms with Crippen molar-refractivity contribution in [1.82, 2.24) is 15.0 Å². The van der Waals surface area contributed by atoms with E-state index in [2.05, 4.69) is 30.6 Å². The van der Waals surface area contributed by atoms with E-state index in [1.54, 1.807) is 0 Å². The zero-order valence-electron chi connectivity index (χ0n) is 16.3. The number of pyridine rings is 3. The number of aromatic nitrogens is 3. The molecule has 0 aromatic carbocycles. The summed E-state index contributed by atoms with van der Waals surface area (Å²) >= 11 is 12.2. The Bertz CT molecular complexity index is 1240. The number of amides is 1. The van der Waals surface area contributed by atoms with Crippen LogP contribution in [0.1, 0.15) is 27.3 Å². The Morgan fingerprint density at radius 1 is 1.16 bits per heavy atom. The number of fused-ring (bicyclic) bond motifs is 1. The molecule has 0 radical (unpaired) electrons. The Morgan fingerprint density at radius 2 is 1.88 bits per heavy atom. The highest BCUT2D eigenvalue weighted by molar-refractivity contribution is 6.38. The lowest BCUT2D eigenvalue weighted by molar-refractivity contribution is -0.137. The number of nitrogens with zero attached hydrogens (tertiary/aromatic N) is 4. The van der Waals surface area contributed by atoms with E-state index in [9.17, 15) is 18.0 Å². The Morgan fingerprint density at radius 3 is 2.56 bits per heavy atom. The molecule has 0 bridgehead atoms. The third-order valence-electron chi connectivity index (χ3n) is 4.46. The van der Waals surface area contributed by atoms with E-state index in [-0.39, 0.29) is 27.3 Å². The van der Waals surface area contributed by atoms with Crippen LogP contribution in [-0.2, 0) is 12.6 Å². The summed E-state index contributed by atoms with van der Waals surface area (Å²) in [5.41, 5.74) is 0.948. The Kier molecular flexibility index (Phi) is 5.74. The number of carbonyl (C=O) groups excluding carboxylic acids is 1. The molecule has 0 aliphatic carbocycles. The van der Waals surface area contributed by atoms with Crippen LogP contribution in [0.25, 0.3) is 0 Å². The number of aliphatic imine (C=N–C) groups is 1. The molecule has 0 spiro atoms. The van der Waals surface area contributed by atoms with Gasteiger partial charge in [-0.15, -0.1) is 0 Å². The number of amidine groups is 1. The van der Waals surface area contributed by atoms with Gasteiger partial charge < -0.3 is 10.6 Å². The van der Waals surface area contributed by atoms with Crippen LogP contribution in [0.5, 0.6) is 0 Å². The number of halogens is 5. The molecule has 4 rings (SSSR count). The predicted octanol–water partition coefficient (Wildman–Crippen LogP) is 5.46. The Hall–Kier alpha value is -3.24. The van der Waals surface area contributed by atoms with Crippen molar-refractivity contribution in [3.63, 3.8) is 0 Å². The zero-order valence-corrected chi connectivity index (χ0v) is 17.8. The van der Waals surface area contributed by atoms with Crippen LogP contribution >= 0.6 is 23.2 Å². The van der Waals surface area contributed by atoms with Crippen LogP contribution in [0.2, 0.25) is 10.0 Å². The summed E-state index contributed by atoms with van der Waals surface area (Å²) in [6.45, 7) is 1.41. The second-order valence-corrected chi connectivity index (χ2v) is 7.69. The molecule has 164 valence electrons. The van der Waals surface area contributed by atoms with Crippen LogP contribution in [-0.4, -0.2) is 26.7 Å². The number of nitrogens with one attached hydrogen (secondary N) is 2. The number of alkyl halides is 3. The molecule has 0 fully saturated rings. The first-order valence-electron chi connectivity index (χ1n) is 9.10. The highest BCUT2D eigenvalue weighted by Gasteiger charge is 2.31. The van der Waals surface area contributed by atoms with Gasteiger partial charge in [0.25, 0.3) is 5.91 Å². The molecule has 3 aromatic rings. The number of rotatable bonds is 3. The molecule has 32 heavy (non-hydrogen) atoms. The second kappa shape index (κ2) is 8.36. The standard InChI is InChI=1S/C20H13Cl2F3N6O/c1-9-2-11(20(23,24)25)5-17(28-9)31-19(32)14-3-10-4-16(29-15(10)8-27-14)30-18-12(21)6-26-7-13(18)22/h2-3,5-8H,4H2,1H3,(H,26,29,30)(H,28,31,32). The molecule has 4 heterocycles. The summed E-state index contributed by atoms with van der Waals surface area (Å²) in [7, 11) is 0. The zero-order chi connectivity index (χ0) is 23.0. The third kappa shape index (κ3) is 4.66. The van der Waals surface area contributed by atoms with Crippen LogP contribution in [0, 0.1) is 6.92 Å². The third-order valence-corrected chi connectivity index (χ3v) is 5.01. The Labute approximate surface area is 189 Å². The van der Waals surface area contributed by atoms with E-state index in [1.165, 1.54) is 31.6 Å². The molecule has 0 unspecified atom stereocenters. The van der Waals surface area contributed by atoms with Gasteiger partial charge in [-0.05, 0) is 30.7 Å². The molecule has 1 amide bonds. The van der Waals surface area contributed by atoms with Crippen LogP contribution in [0.3, 0.4) is 0 Å². The van der Waals surface area contributed by atoms with E-state index in [0.29, 0.717) is 23.6 Å². The average molecular weight is 481 g/mol. The highest BCUT2D eigenvalue weighted by atomic mass is 35.5. The van der Waals surface area contributed by atoms with Gasteiger partial charge >= 0.3 is 6.18 Å². The van der Waals surface area contributed by atoms with Gasteiger partial charge in [-0.2, -0.15) is 13.2 Å². The molecule has 1 aliphatic heterocycles. The summed E-state index contributed by atoms with van der Waals surface area (Å²) in [4.78, 5) is 28.9. The van der Waals surface area contributed by atoms with Gasteiger partial charge in [0, 0.05) is 24.5 Å². The lowest BCUT2D eigenvalue weighted by Gasteiger charge is -2.11. The lowest BCUT2D eigenvalue weighted by Crippen LogP contribution is -2.16. The van der Waals surface area contributed by atoms with Gasteiger partial charge in [0.1, 0.15) is 23.0 Å². The van der Waals surface area contributed by atoms with Crippen LogP contribution < -0.4 is 10.6 Å². The first kappa shape index (κ1) is 22.0. The van der Waals surface area contributed by atoms with Crippen molar-refractivity contribution in [2.75, 3.05) is 10.6 Å². The number of aryl methyl sites for hydroxylation is 1. The lowest BCUT2D eigenvalue weighted by atomic mass is 10.1. The van der Waals surface area contributed by atoms with Crippen molar-refractivity contribution in [2.45, 2.75) is 19.5 Å². The first-order chi connectivity index (χ1) is 15.1. The van der Waals surface area contributed by atoms with E-state index in [1.807, 2.05) is 0 Å². The number of hydrogen-bond acceptors (Lipinski definition) is 5. The van der Waals surface area contributed by atoms with Crippen LogP contribution in [0.15, 0.2) is 41.8 Å². The fourth-order valence-electron chi connectivity index (χ4n) is 3.05.